The summed E-state index contributed by atoms with van der Waals surface area (Å²) >= 11 is 0. The topological polar surface area (TPSA) is 126 Å². The molecule has 2 aliphatic carbocycles. The standard InChI is InChI=1S/C23H38N4O6/c1-32-22(8-4-2-5-9-22)17-25-19(29)18(28)16-24-20(30)23(10-6-3-7-11-23)26-21(31)27-12-14-33-15-13-27/h2-17H2,1H3,(H,24,30)(H,25,29)(H,26,31). The highest BCUT2D eigenvalue weighted by atomic mass is 16.5. The first-order valence-electron chi connectivity index (χ1n) is 12.2. The van der Waals surface area contributed by atoms with Crippen molar-refractivity contribution in [3.8, 4) is 0 Å². The molecule has 186 valence electrons. The lowest BCUT2D eigenvalue weighted by Gasteiger charge is -2.39. The third-order valence-corrected chi connectivity index (χ3v) is 7.22. The molecule has 1 heterocycles. The molecule has 3 N–H and O–H groups in total. The fraction of sp³-hybridized carbons (Fsp3) is 0.826. The van der Waals surface area contributed by atoms with E-state index in [9.17, 15) is 19.2 Å². The molecule has 1 aliphatic heterocycles. The van der Waals surface area contributed by atoms with E-state index in [2.05, 4.69) is 16.0 Å². The van der Waals surface area contributed by atoms with Crippen LogP contribution in [0, 0.1) is 0 Å². The molecule has 10 heteroatoms. The second-order valence-corrected chi connectivity index (χ2v) is 9.41. The predicted molar refractivity (Wildman–Crippen MR) is 121 cm³/mol. The minimum absolute atomic E-state index is 0.279. The number of amides is 4. The molecule has 3 aliphatic rings. The Morgan fingerprint density at radius 1 is 0.879 bits per heavy atom. The number of nitrogens with zero attached hydrogens (tertiary/aromatic N) is 1. The summed E-state index contributed by atoms with van der Waals surface area (Å²) in [5.74, 6) is -1.85. The molecule has 3 rings (SSSR count). The predicted octanol–water partition coefficient (Wildman–Crippen LogP) is 0.882. The van der Waals surface area contributed by atoms with Crippen molar-refractivity contribution >= 4 is 23.6 Å². The van der Waals surface area contributed by atoms with Crippen molar-refractivity contribution in [2.75, 3.05) is 46.5 Å². The van der Waals surface area contributed by atoms with Crippen LogP contribution in [0.15, 0.2) is 0 Å². The van der Waals surface area contributed by atoms with E-state index in [0.717, 1.165) is 51.4 Å². The van der Waals surface area contributed by atoms with Gasteiger partial charge < -0.3 is 30.3 Å². The van der Waals surface area contributed by atoms with Crippen LogP contribution in [0.5, 0.6) is 0 Å². The van der Waals surface area contributed by atoms with Gasteiger partial charge in [-0.15, -0.1) is 0 Å². The highest BCUT2D eigenvalue weighted by Gasteiger charge is 2.42. The zero-order valence-electron chi connectivity index (χ0n) is 19.7. The van der Waals surface area contributed by atoms with Gasteiger partial charge in [0, 0.05) is 26.7 Å². The number of hydrogen-bond donors (Lipinski definition) is 3. The molecule has 1 saturated heterocycles. The largest absolute Gasteiger partial charge is 0.378 e. The molecule has 0 unspecified atom stereocenters. The Morgan fingerprint density at radius 3 is 2.09 bits per heavy atom. The van der Waals surface area contributed by atoms with E-state index in [0.29, 0.717) is 39.1 Å². The molecule has 0 aromatic carbocycles. The van der Waals surface area contributed by atoms with Gasteiger partial charge in [0.05, 0.1) is 25.4 Å². The Bertz CT molecular complexity index is 710. The summed E-state index contributed by atoms with van der Waals surface area (Å²) in [6.45, 7) is 1.78. The maximum Gasteiger partial charge on any atom is 0.318 e. The first-order valence-corrected chi connectivity index (χ1v) is 12.2. The Labute approximate surface area is 195 Å². The Morgan fingerprint density at radius 2 is 1.48 bits per heavy atom. The molecule has 33 heavy (non-hydrogen) atoms. The van der Waals surface area contributed by atoms with Gasteiger partial charge in [0.1, 0.15) is 5.54 Å². The van der Waals surface area contributed by atoms with Crippen molar-refractivity contribution in [2.45, 2.75) is 75.3 Å². The molecule has 0 radical (unpaired) electrons. The van der Waals surface area contributed by atoms with E-state index in [1.807, 2.05) is 0 Å². The minimum atomic E-state index is -1.06. The molecular formula is C23H38N4O6. The van der Waals surface area contributed by atoms with E-state index in [1.165, 1.54) is 0 Å². The van der Waals surface area contributed by atoms with Crippen LogP contribution in [-0.2, 0) is 23.9 Å². The number of ketones is 1. The van der Waals surface area contributed by atoms with Gasteiger partial charge in [-0.2, -0.15) is 0 Å². The molecule has 4 amide bonds. The first-order chi connectivity index (χ1) is 15.9. The molecule has 2 saturated carbocycles. The van der Waals surface area contributed by atoms with Gasteiger partial charge in [-0.1, -0.05) is 38.5 Å². The molecule has 0 atom stereocenters. The lowest BCUT2D eigenvalue weighted by molar-refractivity contribution is -0.139. The maximum atomic E-state index is 13.1. The van der Waals surface area contributed by atoms with Crippen LogP contribution < -0.4 is 16.0 Å². The number of Topliss-reactive ketones (excluding diaryl/α,β-unsaturated/α-hetero) is 1. The fourth-order valence-corrected chi connectivity index (χ4v) is 5.01. The Balaban J connectivity index is 1.52. The zero-order valence-corrected chi connectivity index (χ0v) is 19.7. The van der Waals surface area contributed by atoms with Crippen molar-refractivity contribution < 1.29 is 28.7 Å². The van der Waals surface area contributed by atoms with Gasteiger partial charge in [-0.25, -0.2) is 4.79 Å². The lowest BCUT2D eigenvalue weighted by atomic mass is 9.81. The number of hydrogen-bond acceptors (Lipinski definition) is 6. The number of urea groups is 1. The quantitative estimate of drug-likeness (QED) is 0.456. The molecule has 0 spiro atoms. The summed E-state index contributed by atoms with van der Waals surface area (Å²) in [6.07, 6.45) is 8.53. The van der Waals surface area contributed by atoms with Crippen LogP contribution >= 0.6 is 0 Å². The van der Waals surface area contributed by atoms with Gasteiger partial charge in [0.15, 0.2) is 0 Å². The van der Waals surface area contributed by atoms with E-state index in [4.69, 9.17) is 9.47 Å². The van der Waals surface area contributed by atoms with Gasteiger partial charge in [-0.3, -0.25) is 14.4 Å². The number of methoxy groups -OCH3 is 1. The minimum Gasteiger partial charge on any atom is -0.378 e. The molecule has 10 nitrogen and oxygen atoms in total. The first kappa shape index (κ1) is 25.4. The number of carbonyl (C=O) groups excluding carboxylic acids is 4. The number of rotatable bonds is 8. The zero-order chi connectivity index (χ0) is 23.7. The van der Waals surface area contributed by atoms with Gasteiger partial charge >= 0.3 is 6.03 Å². The Kier molecular flexibility index (Phi) is 9.08. The van der Waals surface area contributed by atoms with Crippen LogP contribution in [0.1, 0.15) is 64.2 Å². The number of morpholine rings is 1. The lowest BCUT2D eigenvalue weighted by Crippen LogP contribution is -2.63. The van der Waals surface area contributed by atoms with Crippen molar-refractivity contribution in [1.82, 2.24) is 20.9 Å². The van der Waals surface area contributed by atoms with Gasteiger partial charge in [-0.05, 0) is 25.7 Å². The van der Waals surface area contributed by atoms with Crippen LogP contribution in [0.2, 0.25) is 0 Å². The van der Waals surface area contributed by atoms with Crippen molar-refractivity contribution in [1.29, 1.82) is 0 Å². The fourth-order valence-electron chi connectivity index (χ4n) is 5.01. The van der Waals surface area contributed by atoms with Crippen LogP contribution in [0.4, 0.5) is 4.79 Å². The highest BCUT2D eigenvalue weighted by molar-refractivity contribution is 6.37. The van der Waals surface area contributed by atoms with Crippen LogP contribution in [0.3, 0.4) is 0 Å². The van der Waals surface area contributed by atoms with Gasteiger partial charge in [0.25, 0.3) is 5.91 Å². The molecule has 0 aromatic heterocycles. The molecule has 3 fully saturated rings. The van der Waals surface area contributed by atoms with Gasteiger partial charge in [0.2, 0.25) is 11.7 Å². The molecule has 0 aromatic rings. The number of carbonyl (C=O) groups is 4. The third kappa shape index (κ3) is 6.66. The van der Waals surface area contributed by atoms with E-state index in [-0.39, 0.29) is 12.6 Å². The maximum absolute atomic E-state index is 13.1. The van der Waals surface area contributed by atoms with Crippen LogP contribution in [0.25, 0.3) is 0 Å². The highest BCUT2D eigenvalue weighted by Crippen LogP contribution is 2.30. The summed E-state index contributed by atoms with van der Waals surface area (Å²) in [6, 6.07) is -0.295. The average Bonchev–Trinajstić information content (AvgIpc) is 2.87. The van der Waals surface area contributed by atoms with Crippen molar-refractivity contribution in [2.24, 2.45) is 0 Å². The molecular weight excluding hydrogens is 428 g/mol. The molecule has 0 bridgehead atoms. The second-order valence-electron chi connectivity index (χ2n) is 9.41. The number of nitrogens with one attached hydrogen (secondary N) is 3. The summed E-state index contributed by atoms with van der Waals surface area (Å²) in [7, 11) is 1.63. The summed E-state index contributed by atoms with van der Waals surface area (Å²) in [4.78, 5) is 52.2. The SMILES string of the molecule is COC1(CNC(=O)C(=O)CNC(=O)C2(NC(=O)N3CCOCC3)CCCCC2)CCCCC1. The third-order valence-electron chi connectivity index (χ3n) is 7.22. The average molecular weight is 467 g/mol. The smallest absolute Gasteiger partial charge is 0.318 e. The summed E-state index contributed by atoms with van der Waals surface area (Å²) in [5.41, 5.74) is -1.49. The number of ether oxygens (including phenoxy) is 2. The van der Waals surface area contributed by atoms with Crippen LogP contribution in [-0.4, -0.2) is 86.2 Å². The normalized spacial score (nSPS) is 22.2. The van der Waals surface area contributed by atoms with E-state index >= 15 is 0 Å². The second kappa shape index (κ2) is 11.8. The van der Waals surface area contributed by atoms with Crippen molar-refractivity contribution in [3.05, 3.63) is 0 Å². The summed E-state index contributed by atoms with van der Waals surface area (Å²) < 4.78 is 10.9. The van der Waals surface area contributed by atoms with Crippen molar-refractivity contribution in [3.63, 3.8) is 0 Å². The Hall–Kier alpha value is -2.20. The monoisotopic (exact) mass is 466 g/mol. The van der Waals surface area contributed by atoms with E-state index in [1.54, 1.807) is 12.0 Å². The summed E-state index contributed by atoms with van der Waals surface area (Å²) in [5, 5.41) is 8.21. The van der Waals surface area contributed by atoms with E-state index < -0.39 is 35.3 Å².